The zero-order chi connectivity index (χ0) is 18.5. The number of carboxylic acids is 1. The molecule has 0 aromatic heterocycles. The Morgan fingerprint density at radius 1 is 0.800 bits per heavy atom. The van der Waals surface area contributed by atoms with Gasteiger partial charge in [0.2, 0.25) is 0 Å². The van der Waals surface area contributed by atoms with E-state index in [2.05, 4.69) is 15.9 Å². The second kappa shape index (κ2) is 13.0. The molecule has 0 saturated carbocycles. The normalized spacial score (nSPS) is 10.9. The molecule has 5 heteroatoms. The number of hydrogen-bond acceptors (Lipinski definition) is 3. The first-order valence-electron chi connectivity index (χ1n) is 9.41. The summed E-state index contributed by atoms with van der Waals surface area (Å²) < 4.78 is 0. The number of hydrogen-bond donors (Lipinski definition) is 3. The molecule has 25 heavy (non-hydrogen) atoms. The van der Waals surface area contributed by atoms with Crippen LogP contribution in [0.1, 0.15) is 86.6 Å². The van der Waals surface area contributed by atoms with Gasteiger partial charge in [-0.05, 0) is 30.9 Å². The number of carbonyl (C=O) groups is 1. The Labute approximate surface area is 159 Å². The van der Waals surface area contributed by atoms with Crippen LogP contribution in [0.3, 0.4) is 0 Å². The Bertz CT molecular complexity index is 517. The standard InChI is InChI=1S/C20H31BrO4/c21-15-11-9-7-5-3-1-2-4-6-8-10-12-16-13-14-17(22)19(23)18(16)20(24)25/h13-14,22-23H,1-12,15H2,(H,24,25). The molecular weight excluding hydrogens is 384 g/mol. The fourth-order valence-corrected chi connectivity index (χ4v) is 3.47. The fraction of sp³-hybridized carbons (Fsp3) is 0.650. The molecule has 1 rings (SSSR count). The number of phenols is 2. The maximum absolute atomic E-state index is 11.2. The number of aryl methyl sites for hydroxylation is 1. The van der Waals surface area contributed by atoms with E-state index < -0.39 is 11.7 Å². The topological polar surface area (TPSA) is 77.8 Å². The minimum absolute atomic E-state index is 0.167. The van der Waals surface area contributed by atoms with Gasteiger partial charge in [-0.2, -0.15) is 0 Å². The van der Waals surface area contributed by atoms with Gasteiger partial charge in [-0.1, -0.05) is 79.8 Å². The largest absolute Gasteiger partial charge is 0.504 e. The quantitative estimate of drug-likeness (QED) is 0.197. The van der Waals surface area contributed by atoms with Crippen molar-refractivity contribution in [2.24, 2.45) is 0 Å². The van der Waals surface area contributed by atoms with Crippen molar-refractivity contribution in [2.75, 3.05) is 5.33 Å². The van der Waals surface area contributed by atoms with Gasteiger partial charge >= 0.3 is 5.97 Å². The van der Waals surface area contributed by atoms with Crippen molar-refractivity contribution in [3.63, 3.8) is 0 Å². The molecule has 1 aromatic carbocycles. The Kier molecular flexibility index (Phi) is 11.4. The summed E-state index contributed by atoms with van der Waals surface area (Å²) in [5.41, 5.74) is 0.422. The highest BCUT2D eigenvalue weighted by molar-refractivity contribution is 9.09. The van der Waals surface area contributed by atoms with Crippen LogP contribution in [0.25, 0.3) is 0 Å². The van der Waals surface area contributed by atoms with Crippen molar-refractivity contribution >= 4 is 21.9 Å². The summed E-state index contributed by atoms with van der Waals surface area (Å²) in [7, 11) is 0. The molecule has 3 N–H and O–H groups in total. The van der Waals surface area contributed by atoms with Crippen LogP contribution in [0.15, 0.2) is 12.1 Å². The van der Waals surface area contributed by atoms with Crippen LogP contribution in [0.5, 0.6) is 11.5 Å². The van der Waals surface area contributed by atoms with Crippen molar-refractivity contribution < 1.29 is 20.1 Å². The number of aromatic hydroxyl groups is 2. The van der Waals surface area contributed by atoms with Crippen molar-refractivity contribution in [1.29, 1.82) is 0 Å². The molecule has 4 nitrogen and oxygen atoms in total. The highest BCUT2D eigenvalue weighted by Crippen LogP contribution is 2.32. The van der Waals surface area contributed by atoms with Gasteiger partial charge in [-0.15, -0.1) is 0 Å². The van der Waals surface area contributed by atoms with Crippen LogP contribution < -0.4 is 0 Å². The Morgan fingerprint density at radius 3 is 1.76 bits per heavy atom. The number of rotatable bonds is 14. The predicted octanol–water partition coefficient (Wildman–Crippen LogP) is 6.02. The summed E-state index contributed by atoms with van der Waals surface area (Å²) in [4.78, 5) is 11.2. The number of benzene rings is 1. The molecule has 0 amide bonds. The first-order chi connectivity index (χ1) is 12.1. The van der Waals surface area contributed by atoms with Crippen molar-refractivity contribution in [3.05, 3.63) is 23.3 Å². The Hall–Kier alpha value is -1.23. The van der Waals surface area contributed by atoms with E-state index in [0.717, 1.165) is 24.6 Å². The second-order valence-electron chi connectivity index (χ2n) is 6.60. The van der Waals surface area contributed by atoms with Gasteiger partial charge in [-0.25, -0.2) is 4.79 Å². The van der Waals surface area contributed by atoms with Crippen LogP contribution in [0.2, 0.25) is 0 Å². The van der Waals surface area contributed by atoms with Crippen LogP contribution in [0.4, 0.5) is 0 Å². The smallest absolute Gasteiger partial charge is 0.339 e. The highest BCUT2D eigenvalue weighted by atomic mass is 79.9. The van der Waals surface area contributed by atoms with Crippen LogP contribution in [-0.2, 0) is 6.42 Å². The monoisotopic (exact) mass is 414 g/mol. The molecule has 0 bridgehead atoms. The molecule has 0 radical (unpaired) electrons. The average molecular weight is 415 g/mol. The maximum Gasteiger partial charge on any atom is 0.339 e. The SMILES string of the molecule is O=C(O)c1c(CCCCCCCCCCCCCBr)ccc(O)c1O. The van der Waals surface area contributed by atoms with E-state index in [1.54, 1.807) is 6.07 Å². The van der Waals surface area contributed by atoms with E-state index in [4.69, 9.17) is 0 Å². The van der Waals surface area contributed by atoms with E-state index in [-0.39, 0.29) is 11.3 Å². The molecule has 0 spiro atoms. The summed E-state index contributed by atoms with van der Waals surface area (Å²) in [5.74, 6) is -2.10. The van der Waals surface area contributed by atoms with Crippen molar-refractivity contribution in [1.82, 2.24) is 0 Å². The van der Waals surface area contributed by atoms with E-state index >= 15 is 0 Å². The lowest BCUT2D eigenvalue weighted by molar-refractivity contribution is 0.0691. The third-order valence-electron chi connectivity index (χ3n) is 4.54. The third kappa shape index (κ3) is 8.61. The number of phenolic OH excluding ortho intramolecular Hbond substituents is 1. The Morgan fingerprint density at radius 2 is 1.28 bits per heavy atom. The number of alkyl halides is 1. The van der Waals surface area contributed by atoms with E-state index in [1.165, 1.54) is 57.4 Å². The molecular formula is C20H31BrO4. The van der Waals surface area contributed by atoms with Crippen molar-refractivity contribution in [3.8, 4) is 11.5 Å². The summed E-state index contributed by atoms with van der Waals surface area (Å²) in [6.07, 6.45) is 14.2. The van der Waals surface area contributed by atoms with E-state index in [9.17, 15) is 20.1 Å². The number of halogens is 1. The van der Waals surface area contributed by atoms with Gasteiger partial charge < -0.3 is 15.3 Å². The first-order valence-corrected chi connectivity index (χ1v) is 10.5. The fourth-order valence-electron chi connectivity index (χ4n) is 3.07. The van der Waals surface area contributed by atoms with Gasteiger partial charge in [-0.3, -0.25) is 0 Å². The molecule has 142 valence electrons. The molecule has 1 aromatic rings. The molecule has 0 heterocycles. The number of carboxylic acid groups (broad SMARTS) is 1. The van der Waals surface area contributed by atoms with Crippen LogP contribution in [0, 0.1) is 0 Å². The summed E-state index contributed by atoms with van der Waals surface area (Å²) in [6, 6.07) is 2.95. The van der Waals surface area contributed by atoms with Gasteiger partial charge in [0.15, 0.2) is 11.5 Å². The molecule has 0 unspecified atom stereocenters. The van der Waals surface area contributed by atoms with Crippen molar-refractivity contribution in [2.45, 2.75) is 77.0 Å². The van der Waals surface area contributed by atoms with E-state index in [1.807, 2.05) is 0 Å². The predicted molar refractivity (Wildman–Crippen MR) is 105 cm³/mol. The number of unbranched alkanes of at least 4 members (excludes halogenated alkanes) is 10. The lowest BCUT2D eigenvalue weighted by Gasteiger charge is -2.09. The molecule has 0 fully saturated rings. The minimum atomic E-state index is -1.19. The molecule has 0 atom stereocenters. The lowest BCUT2D eigenvalue weighted by atomic mass is 9.99. The van der Waals surface area contributed by atoms with Gasteiger partial charge in [0.1, 0.15) is 5.56 Å². The van der Waals surface area contributed by atoms with Gasteiger partial charge in [0.25, 0.3) is 0 Å². The minimum Gasteiger partial charge on any atom is -0.504 e. The summed E-state index contributed by atoms with van der Waals surface area (Å²) in [5, 5.41) is 29.4. The molecule has 0 aliphatic heterocycles. The zero-order valence-electron chi connectivity index (χ0n) is 15.0. The van der Waals surface area contributed by atoms with Crippen LogP contribution >= 0.6 is 15.9 Å². The Balaban J connectivity index is 2.13. The molecule has 0 saturated heterocycles. The van der Waals surface area contributed by atoms with Gasteiger partial charge in [0.05, 0.1) is 0 Å². The highest BCUT2D eigenvalue weighted by Gasteiger charge is 2.18. The zero-order valence-corrected chi connectivity index (χ0v) is 16.6. The number of aromatic carboxylic acids is 1. The molecule has 0 aliphatic carbocycles. The van der Waals surface area contributed by atoms with E-state index in [0.29, 0.717) is 12.0 Å². The molecule has 0 aliphatic rings. The lowest BCUT2D eigenvalue weighted by Crippen LogP contribution is -2.03. The van der Waals surface area contributed by atoms with Crippen LogP contribution in [-0.4, -0.2) is 26.6 Å². The van der Waals surface area contributed by atoms with Gasteiger partial charge in [0, 0.05) is 5.33 Å². The summed E-state index contributed by atoms with van der Waals surface area (Å²) >= 11 is 3.45. The average Bonchev–Trinajstić information content (AvgIpc) is 2.58. The second-order valence-corrected chi connectivity index (χ2v) is 7.39. The first kappa shape index (κ1) is 21.8. The summed E-state index contributed by atoms with van der Waals surface area (Å²) in [6.45, 7) is 0. The maximum atomic E-state index is 11.2. The third-order valence-corrected chi connectivity index (χ3v) is 5.10.